The summed E-state index contributed by atoms with van der Waals surface area (Å²) in [4.78, 5) is 12.0. The van der Waals surface area contributed by atoms with Gasteiger partial charge in [0.15, 0.2) is 11.5 Å². The molecule has 198 valence electrons. The van der Waals surface area contributed by atoms with E-state index in [1.165, 1.54) is 0 Å². The van der Waals surface area contributed by atoms with Gasteiger partial charge >= 0.3 is 5.97 Å². The van der Waals surface area contributed by atoms with Gasteiger partial charge in [-0.3, -0.25) is 4.79 Å². The molecule has 3 aromatic rings. The average molecular weight is 521 g/mol. The number of aliphatic carboxylic acids is 1. The summed E-state index contributed by atoms with van der Waals surface area (Å²) in [6.07, 6.45) is 0.572. The van der Waals surface area contributed by atoms with Gasteiger partial charge in [0.2, 0.25) is 0 Å². The van der Waals surface area contributed by atoms with Crippen LogP contribution in [-0.2, 0) is 15.6 Å². The SMILES string of the molecule is COc1cccc(CCC(CC(=O)O)O[Si](c2ccccc2)(c2ccccc2)C(C)(C)C)c1OC(C)C. The van der Waals surface area contributed by atoms with Crippen LogP contribution in [0.1, 0.15) is 53.0 Å². The lowest BCUT2D eigenvalue weighted by atomic mass is 10.0. The summed E-state index contributed by atoms with van der Waals surface area (Å²) in [5.74, 6) is 0.514. The van der Waals surface area contributed by atoms with Gasteiger partial charge in [-0.25, -0.2) is 0 Å². The molecule has 3 aromatic carbocycles. The number of aryl methyl sites for hydroxylation is 1. The Morgan fingerprint density at radius 2 is 1.46 bits per heavy atom. The quantitative estimate of drug-likeness (QED) is 0.304. The lowest BCUT2D eigenvalue weighted by Gasteiger charge is -2.45. The van der Waals surface area contributed by atoms with Crippen LogP contribution in [0.15, 0.2) is 78.9 Å². The minimum Gasteiger partial charge on any atom is -0.493 e. The van der Waals surface area contributed by atoms with Crippen molar-refractivity contribution in [3.05, 3.63) is 84.4 Å². The molecule has 5 nitrogen and oxygen atoms in total. The first kappa shape index (κ1) is 28.5. The molecule has 1 N–H and O–H groups in total. The topological polar surface area (TPSA) is 65.0 Å². The van der Waals surface area contributed by atoms with E-state index in [1.807, 2.05) is 68.4 Å². The Morgan fingerprint density at radius 1 is 0.892 bits per heavy atom. The fourth-order valence-corrected chi connectivity index (χ4v) is 9.66. The van der Waals surface area contributed by atoms with E-state index in [0.29, 0.717) is 24.3 Å². The van der Waals surface area contributed by atoms with Crippen LogP contribution in [0.3, 0.4) is 0 Å². The van der Waals surface area contributed by atoms with E-state index >= 15 is 0 Å². The van der Waals surface area contributed by atoms with Gasteiger partial charge in [0.25, 0.3) is 8.32 Å². The third-order valence-electron chi connectivity index (χ3n) is 6.53. The highest BCUT2D eigenvalue weighted by Crippen LogP contribution is 2.39. The first-order chi connectivity index (χ1) is 17.6. The smallest absolute Gasteiger partial charge is 0.305 e. The predicted molar refractivity (Wildman–Crippen MR) is 152 cm³/mol. The van der Waals surface area contributed by atoms with Crippen LogP contribution in [0, 0.1) is 0 Å². The number of rotatable bonds is 12. The Kier molecular flexibility index (Phi) is 9.57. The van der Waals surface area contributed by atoms with Gasteiger partial charge in [-0.15, -0.1) is 0 Å². The van der Waals surface area contributed by atoms with Crippen molar-refractivity contribution in [2.75, 3.05) is 7.11 Å². The van der Waals surface area contributed by atoms with E-state index in [9.17, 15) is 9.90 Å². The molecule has 0 spiro atoms. The zero-order valence-corrected chi connectivity index (χ0v) is 23.9. The maximum atomic E-state index is 12.0. The Morgan fingerprint density at radius 3 is 1.92 bits per heavy atom. The van der Waals surface area contributed by atoms with E-state index in [0.717, 1.165) is 15.9 Å². The maximum Gasteiger partial charge on any atom is 0.305 e. The predicted octanol–water partition coefficient (Wildman–Crippen LogP) is 5.83. The number of ether oxygens (including phenoxy) is 2. The van der Waals surface area contributed by atoms with Crippen LogP contribution in [0.4, 0.5) is 0 Å². The molecule has 37 heavy (non-hydrogen) atoms. The zero-order chi connectivity index (χ0) is 27.1. The van der Waals surface area contributed by atoms with E-state index in [4.69, 9.17) is 13.9 Å². The number of para-hydroxylation sites is 1. The number of carboxylic acids is 1. The Labute approximate surface area is 222 Å². The largest absolute Gasteiger partial charge is 0.493 e. The zero-order valence-electron chi connectivity index (χ0n) is 22.9. The van der Waals surface area contributed by atoms with Crippen LogP contribution >= 0.6 is 0 Å². The normalized spacial score (nSPS) is 12.8. The van der Waals surface area contributed by atoms with Gasteiger partial charge in [0.05, 0.1) is 25.7 Å². The first-order valence-corrected chi connectivity index (χ1v) is 14.8. The van der Waals surface area contributed by atoms with E-state index < -0.39 is 20.4 Å². The van der Waals surface area contributed by atoms with Gasteiger partial charge in [-0.2, -0.15) is 0 Å². The number of carbonyl (C=O) groups is 1. The number of hydrogen-bond acceptors (Lipinski definition) is 4. The van der Waals surface area contributed by atoms with Crippen molar-refractivity contribution in [3.8, 4) is 11.5 Å². The Balaban J connectivity index is 2.05. The molecule has 0 aliphatic rings. The third kappa shape index (κ3) is 6.82. The summed E-state index contributed by atoms with van der Waals surface area (Å²) >= 11 is 0. The van der Waals surface area contributed by atoms with E-state index in [2.05, 4.69) is 45.0 Å². The molecule has 1 atom stereocenters. The van der Waals surface area contributed by atoms with Gasteiger partial charge in [-0.1, -0.05) is 93.6 Å². The molecule has 0 aromatic heterocycles. The molecule has 0 saturated heterocycles. The molecule has 1 unspecified atom stereocenters. The third-order valence-corrected chi connectivity index (χ3v) is 11.6. The van der Waals surface area contributed by atoms with Crippen molar-refractivity contribution >= 4 is 24.7 Å². The van der Waals surface area contributed by atoms with Crippen LogP contribution in [-0.4, -0.2) is 38.7 Å². The highest BCUT2D eigenvalue weighted by molar-refractivity contribution is 6.99. The number of hydrogen-bond donors (Lipinski definition) is 1. The lowest BCUT2D eigenvalue weighted by molar-refractivity contribution is -0.139. The standard InChI is InChI=1S/C31H40O5Si/c1-23(2)35-30-24(14-13-19-28(30)34-6)20-21-25(22-29(32)33)36-37(31(3,4)5,26-15-9-7-10-16-26)27-17-11-8-12-18-27/h7-19,23,25H,20-22H2,1-6H3,(H,32,33). The summed E-state index contributed by atoms with van der Waals surface area (Å²) in [6, 6.07) is 26.5. The monoisotopic (exact) mass is 520 g/mol. The van der Waals surface area contributed by atoms with Gasteiger partial charge < -0.3 is 19.0 Å². The molecule has 0 bridgehead atoms. The highest BCUT2D eigenvalue weighted by atomic mass is 28.4. The second kappa shape index (κ2) is 12.4. The van der Waals surface area contributed by atoms with Crippen LogP contribution in [0.2, 0.25) is 5.04 Å². The molecule has 0 saturated carbocycles. The Hall–Kier alpha value is -3.09. The summed E-state index contributed by atoms with van der Waals surface area (Å²) < 4.78 is 18.8. The molecule has 0 amide bonds. The summed E-state index contributed by atoms with van der Waals surface area (Å²) in [7, 11) is -1.26. The molecule has 3 rings (SSSR count). The molecular formula is C31H40O5Si. The van der Waals surface area contributed by atoms with Crippen molar-refractivity contribution in [2.45, 2.75) is 71.1 Å². The van der Waals surface area contributed by atoms with Gasteiger partial charge in [-0.05, 0) is 53.7 Å². The summed E-state index contributed by atoms with van der Waals surface area (Å²) in [6.45, 7) is 10.6. The molecule has 0 aliphatic heterocycles. The van der Waals surface area contributed by atoms with Crippen LogP contribution in [0.25, 0.3) is 0 Å². The van der Waals surface area contributed by atoms with Crippen molar-refractivity contribution in [2.24, 2.45) is 0 Å². The maximum absolute atomic E-state index is 12.0. The van der Waals surface area contributed by atoms with Crippen molar-refractivity contribution in [1.29, 1.82) is 0 Å². The molecule has 6 heteroatoms. The average Bonchev–Trinajstić information content (AvgIpc) is 2.86. The molecule has 0 heterocycles. The van der Waals surface area contributed by atoms with E-state index in [1.54, 1.807) is 7.11 Å². The molecular weight excluding hydrogens is 480 g/mol. The second-order valence-electron chi connectivity index (χ2n) is 10.7. The molecule has 0 aliphatic carbocycles. The Bertz CT molecular complexity index is 1100. The van der Waals surface area contributed by atoms with Gasteiger partial charge in [0, 0.05) is 0 Å². The number of benzene rings is 3. The molecule has 0 fully saturated rings. The van der Waals surface area contributed by atoms with Crippen LogP contribution in [0.5, 0.6) is 11.5 Å². The van der Waals surface area contributed by atoms with E-state index in [-0.39, 0.29) is 17.6 Å². The highest BCUT2D eigenvalue weighted by Gasteiger charge is 2.51. The first-order valence-electron chi connectivity index (χ1n) is 12.9. The fraction of sp³-hybridized carbons (Fsp3) is 0.387. The summed E-state index contributed by atoms with van der Waals surface area (Å²) in [5, 5.41) is 11.9. The van der Waals surface area contributed by atoms with Crippen molar-refractivity contribution in [3.63, 3.8) is 0 Å². The van der Waals surface area contributed by atoms with Crippen molar-refractivity contribution in [1.82, 2.24) is 0 Å². The lowest BCUT2D eigenvalue weighted by Crippen LogP contribution is -2.67. The molecule has 0 radical (unpaired) electrons. The minimum absolute atomic E-state index is 0.0155. The minimum atomic E-state index is -2.89. The summed E-state index contributed by atoms with van der Waals surface area (Å²) in [5.41, 5.74) is 0.981. The second-order valence-corrected chi connectivity index (χ2v) is 14.9. The number of methoxy groups -OCH3 is 1. The van der Waals surface area contributed by atoms with Crippen molar-refractivity contribution < 1.29 is 23.8 Å². The fourth-order valence-electron chi connectivity index (χ4n) is 4.94. The number of carboxylic acid groups (broad SMARTS) is 1. The van der Waals surface area contributed by atoms with Gasteiger partial charge in [0.1, 0.15) is 0 Å². The van der Waals surface area contributed by atoms with Crippen LogP contribution < -0.4 is 19.8 Å².